The van der Waals surface area contributed by atoms with Crippen molar-refractivity contribution in [3.05, 3.63) is 42.1 Å². The van der Waals surface area contributed by atoms with Crippen LogP contribution in [0.25, 0.3) is 5.69 Å². The van der Waals surface area contributed by atoms with Crippen molar-refractivity contribution >= 4 is 5.91 Å². The van der Waals surface area contributed by atoms with Crippen LogP contribution in [0.4, 0.5) is 0 Å². The van der Waals surface area contributed by atoms with Crippen LogP contribution in [-0.2, 0) is 4.79 Å². The van der Waals surface area contributed by atoms with E-state index in [1.807, 2.05) is 51.1 Å². The lowest BCUT2D eigenvalue weighted by Gasteiger charge is -2.19. The fourth-order valence-electron chi connectivity index (χ4n) is 1.84. The number of carbonyl (C=O) groups is 1. The summed E-state index contributed by atoms with van der Waals surface area (Å²) in [4.78, 5) is 17.5. The fraction of sp³-hybridized carbons (Fsp3) is 0.333. The second-order valence-corrected chi connectivity index (χ2v) is 4.95. The Labute approximate surface area is 118 Å². The van der Waals surface area contributed by atoms with Gasteiger partial charge >= 0.3 is 0 Å². The lowest BCUT2D eigenvalue weighted by atomic mass is 10.2. The van der Waals surface area contributed by atoms with Crippen LogP contribution >= 0.6 is 0 Å². The zero-order valence-corrected chi connectivity index (χ0v) is 12.2. The van der Waals surface area contributed by atoms with Gasteiger partial charge in [-0.1, -0.05) is 32.0 Å². The first-order valence-corrected chi connectivity index (χ1v) is 6.56. The molecule has 0 spiro atoms. The van der Waals surface area contributed by atoms with Crippen molar-refractivity contribution in [2.24, 2.45) is 5.92 Å². The van der Waals surface area contributed by atoms with E-state index in [1.54, 1.807) is 17.8 Å². The molecule has 0 aliphatic rings. The van der Waals surface area contributed by atoms with Crippen LogP contribution in [0.5, 0.6) is 5.88 Å². The Morgan fingerprint density at radius 2 is 1.95 bits per heavy atom. The summed E-state index contributed by atoms with van der Waals surface area (Å²) in [6, 6.07) is 11.5. The predicted octanol–water partition coefficient (Wildman–Crippen LogP) is 2.59. The first kappa shape index (κ1) is 14.1. The Balaban J connectivity index is 2.27. The topological polar surface area (TPSA) is 47.4 Å². The van der Waals surface area contributed by atoms with Gasteiger partial charge in [0.1, 0.15) is 0 Å². The molecule has 0 atom stereocenters. The molecular weight excluding hydrogens is 254 g/mol. The Morgan fingerprint density at radius 1 is 1.30 bits per heavy atom. The quantitative estimate of drug-likeness (QED) is 0.804. The highest BCUT2D eigenvalue weighted by Gasteiger charge is 2.17. The van der Waals surface area contributed by atoms with Crippen LogP contribution in [-0.4, -0.2) is 27.8 Å². The first-order chi connectivity index (χ1) is 9.49. The van der Waals surface area contributed by atoms with Gasteiger partial charge in [0, 0.05) is 19.0 Å². The molecule has 5 nitrogen and oxygen atoms in total. The number of nitrogens with zero attached hydrogens (tertiary/aromatic N) is 3. The minimum absolute atomic E-state index is 0.0801. The third-order valence-corrected chi connectivity index (χ3v) is 2.83. The summed E-state index contributed by atoms with van der Waals surface area (Å²) in [7, 11) is 1.61. The molecule has 2 aromatic rings. The number of carbonyl (C=O) groups excluding carboxylic acids is 1. The summed E-state index contributed by atoms with van der Waals surface area (Å²) in [6.45, 7) is 5.56. The molecule has 0 saturated carbocycles. The molecule has 1 aromatic heterocycles. The predicted molar refractivity (Wildman–Crippen MR) is 76.5 cm³/mol. The monoisotopic (exact) mass is 273 g/mol. The second kappa shape index (κ2) is 5.77. The lowest BCUT2D eigenvalue weighted by Crippen LogP contribution is -2.34. The van der Waals surface area contributed by atoms with E-state index in [1.165, 1.54) is 5.06 Å². The summed E-state index contributed by atoms with van der Waals surface area (Å²) in [5.41, 5.74) is 1.72. The number of para-hydroxylation sites is 1. The second-order valence-electron chi connectivity index (χ2n) is 4.95. The molecule has 0 bridgehead atoms. The van der Waals surface area contributed by atoms with E-state index in [2.05, 4.69) is 5.10 Å². The largest absolute Gasteiger partial charge is 0.357 e. The van der Waals surface area contributed by atoms with Gasteiger partial charge in [0.05, 0.1) is 11.4 Å². The minimum atomic E-state index is -0.116. The summed E-state index contributed by atoms with van der Waals surface area (Å²) in [6.07, 6.45) is 0. The van der Waals surface area contributed by atoms with E-state index in [4.69, 9.17) is 4.84 Å². The van der Waals surface area contributed by atoms with E-state index >= 15 is 0 Å². The van der Waals surface area contributed by atoms with E-state index < -0.39 is 0 Å². The van der Waals surface area contributed by atoms with Crippen molar-refractivity contribution in [2.45, 2.75) is 20.8 Å². The average molecular weight is 273 g/mol. The van der Waals surface area contributed by atoms with Crippen molar-refractivity contribution in [3.63, 3.8) is 0 Å². The number of aromatic nitrogens is 2. The fourth-order valence-corrected chi connectivity index (χ4v) is 1.84. The Bertz CT molecular complexity index is 590. The maximum atomic E-state index is 11.9. The number of rotatable bonds is 4. The number of hydrogen-bond donors (Lipinski definition) is 0. The molecule has 0 aliphatic heterocycles. The number of aryl methyl sites for hydroxylation is 1. The molecule has 106 valence electrons. The van der Waals surface area contributed by atoms with Crippen molar-refractivity contribution < 1.29 is 9.63 Å². The van der Waals surface area contributed by atoms with Gasteiger partial charge in [-0.3, -0.25) is 4.79 Å². The van der Waals surface area contributed by atoms with E-state index in [0.717, 1.165) is 11.4 Å². The molecule has 0 radical (unpaired) electrons. The van der Waals surface area contributed by atoms with Crippen molar-refractivity contribution in [3.8, 4) is 11.6 Å². The van der Waals surface area contributed by atoms with Gasteiger partial charge in [-0.2, -0.15) is 14.8 Å². The molecule has 1 aromatic carbocycles. The summed E-state index contributed by atoms with van der Waals surface area (Å²) < 4.78 is 1.68. The molecule has 0 aliphatic carbocycles. The normalized spacial score (nSPS) is 10.7. The van der Waals surface area contributed by atoms with Crippen molar-refractivity contribution in [1.82, 2.24) is 14.8 Å². The average Bonchev–Trinajstić information content (AvgIpc) is 2.79. The van der Waals surface area contributed by atoms with E-state index in [9.17, 15) is 4.79 Å². The van der Waals surface area contributed by atoms with Gasteiger partial charge in [-0.05, 0) is 19.1 Å². The molecule has 1 amide bonds. The van der Waals surface area contributed by atoms with E-state index in [0.29, 0.717) is 5.88 Å². The third-order valence-electron chi connectivity index (χ3n) is 2.83. The van der Waals surface area contributed by atoms with Crippen LogP contribution in [0, 0.1) is 12.8 Å². The van der Waals surface area contributed by atoms with Crippen LogP contribution in [0.15, 0.2) is 36.4 Å². The first-order valence-electron chi connectivity index (χ1n) is 6.56. The maximum Gasteiger partial charge on any atom is 0.257 e. The maximum absolute atomic E-state index is 11.9. The van der Waals surface area contributed by atoms with Crippen LogP contribution in [0.2, 0.25) is 0 Å². The molecule has 20 heavy (non-hydrogen) atoms. The number of hydroxylamine groups is 2. The molecule has 0 N–H and O–H groups in total. The third kappa shape index (κ3) is 2.99. The van der Waals surface area contributed by atoms with Gasteiger partial charge in [0.25, 0.3) is 5.91 Å². The highest BCUT2D eigenvalue weighted by Crippen LogP contribution is 2.20. The lowest BCUT2D eigenvalue weighted by molar-refractivity contribution is -0.157. The van der Waals surface area contributed by atoms with E-state index in [-0.39, 0.29) is 11.8 Å². The number of hydrogen-bond acceptors (Lipinski definition) is 3. The van der Waals surface area contributed by atoms with Gasteiger partial charge < -0.3 is 4.84 Å². The smallest absolute Gasteiger partial charge is 0.257 e. The highest BCUT2D eigenvalue weighted by atomic mass is 16.7. The van der Waals surface area contributed by atoms with Crippen LogP contribution in [0.1, 0.15) is 19.5 Å². The molecule has 0 fully saturated rings. The SMILES string of the molecule is Cc1cc(ON(C)C(=O)C(C)C)n(-c2ccccc2)n1. The molecule has 5 heteroatoms. The molecule has 1 heterocycles. The number of amides is 1. The summed E-state index contributed by atoms with van der Waals surface area (Å²) >= 11 is 0. The minimum Gasteiger partial charge on any atom is -0.357 e. The van der Waals surface area contributed by atoms with Crippen LogP contribution < -0.4 is 4.84 Å². The Kier molecular flexibility index (Phi) is 4.08. The van der Waals surface area contributed by atoms with Gasteiger partial charge in [-0.15, -0.1) is 0 Å². The molecule has 0 unspecified atom stereocenters. The standard InChI is InChI=1S/C15H19N3O2/c1-11(2)15(19)17(4)20-14-10-12(3)16-18(14)13-8-6-5-7-9-13/h5-11H,1-4H3. The number of benzene rings is 1. The molecular formula is C15H19N3O2. The molecule has 2 rings (SSSR count). The Morgan fingerprint density at radius 3 is 2.55 bits per heavy atom. The zero-order valence-electron chi connectivity index (χ0n) is 12.2. The van der Waals surface area contributed by atoms with Gasteiger partial charge in [0.15, 0.2) is 0 Å². The summed E-state index contributed by atoms with van der Waals surface area (Å²) in [5.74, 6) is 0.322. The van der Waals surface area contributed by atoms with Gasteiger partial charge in [-0.25, -0.2) is 0 Å². The summed E-state index contributed by atoms with van der Waals surface area (Å²) in [5, 5.41) is 5.64. The Hall–Kier alpha value is -2.30. The molecule has 0 saturated heterocycles. The zero-order chi connectivity index (χ0) is 14.7. The van der Waals surface area contributed by atoms with Crippen molar-refractivity contribution in [2.75, 3.05) is 7.05 Å². The highest BCUT2D eigenvalue weighted by molar-refractivity contribution is 5.76. The van der Waals surface area contributed by atoms with Crippen LogP contribution in [0.3, 0.4) is 0 Å². The van der Waals surface area contributed by atoms with Crippen molar-refractivity contribution in [1.29, 1.82) is 0 Å². The van der Waals surface area contributed by atoms with Gasteiger partial charge in [0.2, 0.25) is 5.88 Å².